The molecule has 5 heteroatoms. The molecule has 4 nitrogen and oxygen atoms in total. The third kappa shape index (κ3) is 2.91. The Kier molecular flexibility index (Phi) is 4.80. The van der Waals surface area contributed by atoms with Gasteiger partial charge < -0.3 is 15.6 Å². The lowest BCUT2D eigenvalue weighted by Crippen LogP contribution is -2.36. The van der Waals surface area contributed by atoms with E-state index in [1.54, 1.807) is 0 Å². The second-order valence-corrected chi connectivity index (χ2v) is 5.05. The molecule has 1 aliphatic rings. The van der Waals surface area contributed by atoms with Crippen molar-refractivity contribution in [2.24, 2.45) is 5.73 Å². The van der Waals surface area contributed by atoms with Gasteiger partial charge in [0, 0.05) is 30.9 Å². The Morgan fingerprint density at radius 1 is 1.37 bits per heavy atom. The second kappa shape index (κ2) is 6.37. The van der Waals surface area contributed by atoms with Crippen LogP contribution in [0.2, 0.25) is 0 Å². The average molecular weight is 281 g/mol. The molecule has 3 N–H and O–H groups in total. The maximum atomic E-state index is 5.61. The quantitative estimate of drug-likeness (QED) is 0.905. The van der Waals surface area contributed by atoms with Crippen LogP contribution >= 0.6 is 12.4 Å². The van der Waals surface area contributed by atoms with Gasteiger partial charge in [-0.05, 0) is 49.5 Å². The highest BCUT2D eigenvalue weighted by Gasteiger charge is 2.22. The molecule has 0 spiro atoms. The second-order valence-electron chi connectivity index (χ2n) is 5.05. The lowest BCUT2D eigenvalue weighted by molar-refractivity contribution is 0.218. The van der Waals surface area contributed by atoms with Crippen LogP contribution in [0.3, 0.4) is 0 Å². The first-order valence-electron chi connectivity index (χ1n) is 6.73. The molecule has 2 aromatic heterocycles. The average Bonchev–Trinajstić information content (AvgIpc) is 2.84. The zero-order valence-corrected chi connectivity index (χ0v) is 11.8. The molecule has 0 bridgehead atoms. The number of aromatic nitrogens is 2. The van der Waals surface area contributed by atoms with E-state index < -0.39 is 0 Å². The topological polar surface area (TPSA) is 57.9 Å². The smallest absolute Gasteiger partial charge is 0.137 e. The SMILES string of the molecule is Cl.NCCN1CCC(c2c[nH]c3ncccc23)CC1. The Balaban J connectivity index is 0.00000133. The minimum Gasteiger partial charge on any atom is -0.346 e. The van der Waals surface area contributed by atoms with Gasteiger partial charge in [-0.1, -0.05) is 0 Å². The van der Waals surface area contributed by atoms with E-state index in [2.05, 4.69) is 27.1 Å². The van der Waals surface area contributed by atoms with Crippen LogP contribution in [0, 0.1) is 0 Å². The molecule has 0 atom stereocenters. The third-order valence-corrected chi connectivity index (χ3v) is 3.96. The number of halogens is 1. The van der Waals surface area contributed by atoms with Crippen molar-refractivity contribution in [3.8, 4) is 0 Å². The number of fused-ring (bicyclic) bond motifs is 1. The van der Waals surface area contributed by atoms with Crippen molar-refractivity contribution in [2.75, 3.05) is 26.2 Å². The number of nitrogens with two attached hydrogens (primary N) is 1. The summed E-state index contributed by atoms with van der Waals surface area (Å²) in [5.41, 5.74) is 8.05. The van der Waals surface area contributed by atoms with Crippen LogP contribution in [-0.4, -0.2) is 41.0 Å². The van der Waals surface area contributed by atoms with Gasteiger partial charge in [0.2, 0.25) is 0 Å². The molecule has 19 heavy (non-hydrogen) atoms. The number of hydrogen-bond donors (Lipinski definition) is 2. The molecule has 1 saturated heterocycles. The van der Waals surface area contributed by atoms with E-state index in [0.29, 0.717) is 5.92 Å². The van der Waals surface area contributed by atoms with Crippen molar-refractivity contribution >= 4 is 23.4 Å². The predicted molar refractivity (Wildman–Crippen MR) is 80.8 cm³/mol. The first-order valence-corrected chi connectivity index (χ1v) is 6.73. The fraction of sp³-hybridized carbons (Fsp3) is 0.500. The number of rotatable bonds is 3. The monoisotopic (exact) mass is 280 g/mol. The van der Waals surface area contributed by atoms with Crippen molar-refractivity contribution in [2.45, 2.75) is 18.8 Å². The predicted octanol–water partition coefficient (Wildman–Crippen LogP) is 2.12. The van der Waals surface area contributed by atoms with E-state index in [1.165, 1.54) is 23.8 Å². The standard InChI is InChI=1S/C14H20N4.ClH/c15-5-9-18-7-3-11(4-8-18)13-10-17-14-12(13)2-1-6-16-14;/h1-2,6,10-11H,3-5,7-9,15H2,(H,16,17);1H. The maximum Gasteiger partial charge on any atom is 0.137 e. The number of aromatic amines is 1. The zero-order valence-electron chi connectivity index (χ0n) is 11.0. The van der Waals surface area contributed by atoms with E-state index in [1.807, 2.05) is 12.3 Å². The van der Waals surface area contributed by atoms with Gasteiger partial charge in [-0.25, -0.2) is 4.98 Å². The van der Waals surface area contributed by atoms with Gasteiger partial charge in [0.15, 0.2) is 0 Å². The number of hydrogen-bond acceptors (Lipinski definition) is 3. The molecule has 3 rings (SSSR count). The Labute approximate surface area is 119 Å². The van der Waals surface area contributed by atoms with Crippen molar-refractivity contribution in [1.82, 2.24) is 14.9 Å². The van der Waals surface area contributed by atoms with Gasteiger partial charge in [-0.2, -0.15) is 0 Å². The molecule has 2 aromatic rings. The normalized spacial score (nSPS) is 17.5. The lowest BCUT2D eigenvalue weighted by Gasteiger charge is -2.31. The molecule has 1 aliphatic heterocycles. The molecular weight excluding hydrogens is 260 g/mol. The summed E-state index contributed by atoms with van der Waals surface area (Å²) in [7, 11) is 0. The minimum absolute atomic E-state index is 0. The van der Waals surface area contributed by atoms with Gasteiger partial charge in [0.05, 0.1) is 0 Å². The van der Waals surface area contributed by atoms with E-state index >= 15 is 0 Å². The Morgan fingerprint density at radius 2 is 2.16 bits per heavy atom. The molecule has 3 heterocycles. The summed E-state index contributed by atoms with van der Waals surface area (Å²) in [6, 6.07) is 4.18. The van der Waals surface area contributed by atoms with Gasteiger partial charge in [-0.15, -0.1) is 12.4 Å². The fourth-order valence-electron chi connectivity index (χ4n) is 2.97. The number of H-pyrrole nitrogens is 1. The molecular formula is C14H21ClN4. The molecule has 0 aromatic carbocycles. The van der Waals surface area contributed by atoms with Crippen LogP contribution in [0.15, 0.2) is 24.5 Å². The van der Waals surface area contributed by atoms with Crippen molar-refractivity contribution in [1.29, 1.82) is 0 Å². The van der Waals surface area contributed by atoms with Crippen LogP contribution in [0.4, 0.5) is 0 Å². The minimum atomic E-state index is 0. The number of piperidine rings is 1. The number of likely N-dealkylation sites (tertiary alicyclic amines) is 1. The Hall–Kier alpha value is -1.10. The largest absolute Gasteiger partial charge is 0.346 e. The summed E-state index contributed by atoms with van der Waals surface area (Å²) in [5.74, 6) is 0.664. The van der Waals surface area contributed by atoms with Crippen LogP contribution in [0.1, 0.15) is 24.3 Å². The molecule has 0 radical (unpaired) electrons. The van der Waals surface area contributed by atoms with Crippen molar-refractivity contribution in [3.63, 3.8) is 0 Å². The Bertz CT molecular complexity index is 517. The van der Waals surface area contributed by atoms with Gasteiger partial charge in [0.1, 0.15) is 5.65 Å². The van der Waals surface area contributed by atoms with Crippen LogP contribution in [0.5, 0.6) is 0 Å². The van der Waals surface area contributed by atoms with Gasteiger partial charge in [-0.3, -0.25) is 0 Å². The van der Waals surface area contributed by atoms with E-state index in [-0.39, 0.29) is 12.4 Å². The zero-order chi connectivity index (χ0) is 12.4. The molecule has 1 fully saturated rings. The molecule has 0 unspecified atom stereocenters. The first-order chi connectivity index (χ1) is 8.88. The number of nitrogens with zero attached hydrogens (tertiary/aromatic N) is 2. The number of pyridine rings is 1. The third-order valence-electron chi connectivity index (χ3n) is 3.96. The molecule has 104 valence electrons. The van der Waals surface area contributed by atoms with Crippen LogP contribution in [0.25, 0.3) is 11.0 Å². The summed E-state index contributed by atoms with van der Waals surface area (Å²) in [4.78, 5) is 10.1. The summed E-state index contributed by atoms with van der Waals surface area (Å²) in [6.45, 7) is 4.12. The highest BCUT2D eigenvalue weighted by Crippen LogP contribution is 2.32. The maximum absolute atomic E-state index is 5.61. The highest BCUT2D eigenvalue weighted by molar-refractivity contribution is 5.85. The first kappa shape index (κ1) is 14.3. The van der Waals surface area contributed by atoms with E-state index in [4.69, 9.17) is 5.73 Å². The summed E-state index contributed by atoms with van der Waals surface area (Å²) in [5, 5.41) is 1.29. The van der Waals surface area contributed by atoms with Gasteiger partial charge in [0.25, 0.3) is 0 Å². The highest BCUT2D eigenvalue weighted by atomic mass is 35.5. The Morgan fingerprint density at radius 3 is 2.89 bits per heavy atom. The van der Waals surface area contributed by atoms with E-state index in [0.717, 1.165) is 31.8 Å². The van der Waals surface area contributed by atoms with Crippen molar-refractivity contribution < 1.29 is 0 Å². The van der Waals surface area contributed by atoms with Gasteiger partial charge >= 0.3 is 0 Å². The van der Waals surface area contributed by atoms with Crippen LogP contribution < -0.4 is 5.73 Å². The fourth-order valence-corrected chi connectivity index (χ4v) is 2.97. The molecule has 0 saturated carbocycles. The van der Waals surface area contributed by atoms with Crippen molar-refractivity contribution in [3.05, 3.63) is 30.1 Å². The molecule has 0 aliphatic carbocycles. The summed E-state index contributed by atoms with van der Waals surface area (Å²) >= 11 is 0. The number of nitrogens with one attached hydrogen (secondary N) is 1. The van der Waals surface area contributed by atoms with Crippen LogP contribution in [-0.2, 0) is 0 Å². The lowest BCUT2D eigenvalue weighted by atomic mass is 9.89. The van der Waals surface area contributed by atoms with E-state index in [9.17, 15) is 0 Å². The summed E-state index contributed by atoms with van der Waals surface area (Å²) < 4.78 is 0. The molecule has 0 amide bonds. The summed E-state index contributed by atoms with van der Waals surface area (Å²) in [6.07, 6.45) is 6.43.